The lowest BCUT2D eigenvalue weighted by molar-refractivity contribution is 0.0572. The zero-order chi connectivity index (χ0) is 13.2. The van der Waals surface area contributed by atoms with Crippen LogP contribution in [0.25, 0.3) is 0 Å². The minimum Gasteiger partial charge on any atom is -0.380 e. The SMILES string of the molecule is COC1CCCN(S(=O)(=O)c2cccc(Br)c2)C1. The lowest BCUT2D eigenvalue weighted by Gasteiger charge is -2.31. The van der Waals surface area contributed by atoms with Gasteiger partial charge in [-0.3, -0.25) is 0 Å². The summed E-state index contributed by atoms with van der Waals surface area (Å²) in [5.41, 5.74) is 0. The first kappa shape index (κ1) is 14.0. The van der Waals surface area contributed by atoms with Gasteiger partial charge in [0.15, 0.2) is 0 Å². The molecule has 0 radical (unpaired) electrons. The molecular formula is C12H16BrNO3S. The first-order valence-corrected chi connectivity index (χ1v) is 8.06. The van der Waals surface area contributed by atoms with Crippen molar-refractivity contribution in [1.82, 2.24) is 4.31 Å². The highest BCUT2D eigenvalue weighted by atomic mass is 79.9. The second kappa shape index (κ2) is 5.69. The Morgan fingerprint density at radius 3 is 2.89 bits per heavy atom. The van der Waals surface area contributed by atoms with Crippen LogP contribution in [0.15, 0.2) is 33.6 Å². The number of hydrogen-bond acceptors (Lipinski definition) is 3. The van der Waals surface area contributed by atoms with Gasteiger partial charge in [0, 0.05) is 24.7 Å². The average molecular weight is 334 g/mol. The van der Waals surface area contributed by atoms with Gasteiger partial charge in [0.1, 0.15) is 0 Å². The summed E-state index contributed by atoms with van der Waals surface area (Å²) in [6.45, 7) is 1.00. The Morgan fingerprint density at radius 2 is 2.22 bits per heavy atom. The van der Waals surface area contributed by atoms with Gasteiger partial charge in [-0.05, 0) is 31.0 Å². The van der Waals surface area contributed by atoms with E-state index < -0.39 is 10.0 Å². The number of ether oxygens (including phenoxy) is 1. The maximum absolute atomic E-state index is 12.5. The van der Waals surface area contributed by atoms with Crippen molar-refractivity contribution in [2.45, 2.75) is 23.8 Å². The summed E-state index contributed by atoms with van der Waals surface area (Å²) in [5.74, 6) is 0. The molecule has 0 saturated carbocycles. The third-order valence-corrected chi connectivity index (χ3v) is 5.46. The smallest absolute Gasteiger partial charge is 0.243 e. The van der Waals surface area contributed by atoms with Gasteiger partial charge in [-0.2, -0.15) is 4.31 Å². The van der Waals surface area contributed by atoms with Crippen LogP contribution in [0.3, 0.4) is 0 Å². The van der Waals surface area contributed by atoms with E-state index in [-0.39, 0.29) is 6.10 Å². The molecule has 1 atom stereocenters. The van der Waals surface area contributed by atoms with Crippen molar-refractivity contribution in [3.05, 3.63) is 28.7 Å². The van der Waals surface area contributed by atoms with Gasteiger partial charge in [-0.25, -0.2) is 8.42 Å². The molecule has 6 heteroatoms. The topological polar surface area (TPSA) is 46.6 Å². The number of halogens is 1. The maximum Gasteiger partial charge on any atom is 0.243 e. The van der Waals surface area contributed by atoms with Crippen molar-refractivity contribution in [1.29, 1.82) is 0 Å². The first-order valence-electron chi connectivity index (χ1n) is 5.82. The molecule has 2 rings (SSSR count). The van der Waals surface area contributed by atoms with Crippen LogP contribution in [0.1, 0.15) is 12.8 Å². The number of nitrogens with zero attached hydrogens (tertiary/aromatic N) is 1. The van der Waals surface area contributed by atoms with Crippen LogP contribution in [0, 0.1) is 0 Å². The molecule has 1 fully saturated rings. The Bertz CT molecular complexity index is 518. The highest BCUT2D eigenvalue weighted by Gasteiger charge is 2.30. The van der Waals surface area contributed by atoms with Crippen LogP contribution in [-0.4, -0.2) is 39.0 Å². The van der Waals surface area contributed by atoms with Crippen molar-refractivity contribution in [3.8, 4) is 0 Å². The van der Waals surface area contributed by atoms with Crippen LogP contribution in [0.2, 0.25) is 0 Å². The molecule has 0 aromatic heterocycles. The fourth-order valence-corrected chi connectivity index (χ4v) is 4.20. The molecule has 1 aromatic carbocycles. The zero-order valence-corrected chi connectivity index (χ0v) is 12.6. The fraction of sp³-hybridized carbons (Fsp3) is 0.500. The van der Waals surface area contributed by atoms with Gasteiger partial charge in [0.2, 0.25) is 10.0 Å². The second-order valence-corrected chi connectivity index (χ2v) is 7.17. The summed E-state index contributed by atoms with van der Waals surface area (Å²) in [6.07, 6.45) is 1.76. The quantitative estimate of drug-likeness (QED) is 0.852. The lowest BCUT2D eigenvalue weighted by Crippen LogP contribution is -2.42. The summed E-state index contributed by atoms with van der Waals surface area (Å²) in [7, 11) is -1.78. The number of hydrogen-bond donors (Lipinski definition) is 0. The van der Waals surface area contributed by atoms with Crippen molar-refractivity contribution in [2.24, 2.45) is 0 Å². The molecule has 1 saturated heterocycles. The first-order chi connectivity index (χ1) is 8.54. The van der Waals surface area contributed by atoms with Crippen molar-refractivity contribution >= 4 is 26.0 Å². The van der Waals surface area contributed by atoms with Crippen molar-refractivity contribution in [2.75, 3.05) is 20.2 Å². The van der Waals surface area contributed by atoms with Crippen molar-refractivity contribution in [3.63, 3.8) is 0 Å². The molecule has 1 unspecified atom stereocenters. The van der Waals surface area contributed by atoms with E-state index in [0.29, 0.717) is 18.0 Å². The van der Waals surface area contributed by atoms with E-state index in [0.717, 1.165) is 17.3 Å². The number of sulfonamides is 1. The Hall–Kier alpha value is -0.430. The van der Waals surface area contributed by atoms with Gasteiger partial charge in [0.05, 0.1) is 11.0 Å². The Labute approximate surface area is 116 Å². The molecule has 0 spiro atoms. The molecule has 1 aromatic rings. The Balaban J connectivity index is 2.25. The Kier molecular flexibility index (Phi) is 4.42. The van der Waals surface area contributed by atoms with E-state index in [2.05, 4.69) is 15.9 Å². The summed E-state index contributed by atoms with van der Waals surface area (Å²) in [4.78, 5) is 0.327. The maximum atomic E-state index is 12.5. The third kappa shape index (κ3) is 2.93. The van der Waals surface area contributed by atoms with E-state index >= 15 is 0 Å². The predicted octanol–water partition coefficient (Wildman–Crippen LogP) is 2.25. The molecule has 100 valence electrons. The molecule has 0 amide bonds. The normalized spacial score (nSPS) is 22.0. The number of rotatable bonds is 3. The summed E-state index contributed by atoms with van der Waals surface area (Å²) in [5, 5.41) is 0. The van der Waals surface area contributed by atoms with E-state index in [1.54, 1.807) is 25.3 Å². The molecule has 1 aliphatic heterocycles. The highest BCUT2D eigenvalue weighted by molar-refractivity contribution is 9.10. The Morgan fingerprint density at radius 1 is 1.44 bits per heavy atom. The summed E-state index contributed by atoms with van der Waals surface area (Å²) < 4.78 is 32.4. The van der Waals surface area contributed by atoms with Crippen molar-refractivity contribution < 1.29 is 13.2 Å². The molecule has 1 aliphatic rings. The van der Waals surface area contributed by atoms with Crippen LogP contribution in [0.4, 0.5) is 0 Å². The van der Waals surface area contributed by atoms with Crippen LogP contribution in [-0.2, 0) is 14.8 Å². The minimum atomic E-state index is -3.40. The van der Waals surface area contributed by atoms with Gasteiger partial charge in [-0.15, -0.1) is 0 Å². The second-order valence-electron chi connectivity index (χ2n) is 4.32. The lowest BCUT2D eigenvalue weighted by atomic mass is 10.1. The molecule has 0 aliphatic carbocycles. The van der Waals surface area contributed by atoms with E-state index in [1.165, 1.54) is 4.31 Å². The average Bonchev–Trinajstić information content (AvgIpc) is 2.39. The minimum absolute atomic E-state index is 0.000628. The van der Waals surface area contributed by atoms with E-state index in [1.807, 2.05) is 6.07 Å². The monoisotopic (exact) mass is 333 g/mol. The highest BCUT2D eigenvalue weighted by Crippen LogP contribution is 2.23. The molecule has 1 heterocycles. The number of piperidine rings is 1. The molecule has 18 heavy (non-hydrogen) atoms. The van der Waals surface area contributed by atoms with E-state index in [9.17, 15) is 8.42 Å². The molecule has 4 nitrogen and oxygen atoms in total. The number of methoxy groups -OCH3 is 1. The summed E-state index contributed by atoms with van der Waals surface area (Å²) >= 11 is 3.30. The molecule has 0 bridgehead atoms. The van der Waals surface area contributed by atoms with Gasteiger partial charge in [0.25, 0.3) is 0 Å². The predicted molar refractivity (Wildman–Crippen MR) is 72.9 cm³/mol. The molecule has 0 N–H and O–H groups in total. The van der Waals surface area contributed by atoms with Gasteiger partial charge < -0.3 is 4.74 Å². The van der Waals surface area contributed by atoms with Gasteiger partial charge >= 0.3 is 0 Å². The van der Waals surface area contributed by atoms with Crippen LogP contribution < -0.4 is 0 Å². The van der Waals surface area contributed by atoms with Crippen LogP contribution in [0.5, 0.6) is 0 Å². The largest absolute Gasteiger partial charge is 0.380 e. The third-order valence-electron chi connectivity index (χ3n) is 3.11. The van der Waals surface area contributed by atoms with Gasteiger partial charge in [-0.1, -0.05) is 22.0 Å². The summed E-state index contributed by atoms with van der Waals surface area (Å²) in [6, 6.07) is 6.80. The van der Waals surface area contributed by atoms with E-state index in [4.69, 9.17) is 4.74 Å². The zero-order valence-electron chi connectivity index (χ0n) is 10.2. The number of benzene rings is 1. The fourth-order valence-electron chi connectivity index (χ4n) is 2.09. The standard InChI is InChI=1S/C12H16BrNO3S/c1-17-11-5-3-7-14(9-11)18(15,16)12-6-2-4-10(13)8-12/h2,4,6,8,11H,3,5,7,9H2,1H3. The van der Waals surface area contributed by atoms with Crippen LogP contribution >= 0.6 is 15.9 Å². The molecular weight excluding hydrogens is 318 g/mol.